The molecule has 0 saturated heterocycles. The van der Waals surface area contributed by atoms with Gasteiger partial charge >= 0.3 is 0 Å². The minimum atomic E-state index is -1.62. The number of aliphatic hydroxyl groups is 1. The molecule has 0 aromatic carbocycles. The third-order valence-corrected chi connectivity index (χ3v) is 2.09. The Morgan fingerprint density at radius 3 is 2.33 bits per heavy atom. The van der Waals surface area contributed by atoms with Gasteiger partial charge < -0.3 is 5.11 Å². The molecule has 72 valence electrons. The van der Waals surface area contributed by atoms with Crippen molar-refractivity contribution in [1.29, 1.82) is 0 Å². The van der Waals surface area contributed by atoms with E-state index in [2.05, 4.69) is 6.92 Å². The molecule has 0 fully saturated rings. The molecule has 4 heteroatoms. The summed E-state index contributed by atoms with van der Waals surface area (Å²) in [6, 6.07) is 0. The monoisotopic (exact) mass is 230 g/mol. The number of halogens is 3. The number of alkyl halides is 3. The van der Waals surface area contributed by atoms with Crippen LogP contribution in [0.5, 0.6) is 0 Å². The van der Waals surface area contributed by atoms with E-state index >= 15 is 0 Å². The van der Waals surface area contributed by atoms with E-state index in [-0.39, 0.29) is 0 Å². The topological polar surface area (TPSA) is 20.2 Å². The predicted octanol–water partition coefficient (Wildman–Crippen LogP) is 3.46. The summed E-state index contributed by atoms with van der Waals surface area (Å²) in [5.41, 5.74) is 1.04. The minimum absolute atomic E-state index is 0.914. The van der Waals surface area contributed by atoms with Gasteiger partial charge in [0.2, 0.25) is 3.79 Å². The quantitative estimate of drug-likeness (QED) is 0.583. The van der Waals surface area contributed by atoms with Crippen molar-refractivity contribution in [2.24, 2.45) is 0 Å². The highest BCUT2D eigenvalue weighted by atomic mass is 35.6. The SMILES string of the molecule is CCC/C(C)=C/C(O)C(Cl)(Cl)Cl. The van der Waals surface area contributed by atoms with Gasteiger partial charge in [0.25, 0.3) is 0 Å². The number of aliphatic hydroxyl groups excluding tert-OH is 1. The van der Waals surface area contributed by atoms with Crippen molar-refractivity contribution >= 4 is 34.8 Å². The lowest BCUT2D eigenvalue weighted by Crippen LogP contribution is -2.22. The highest BCUT2D eigenvalue weighted by molar-refractivity contribution is 6.68. The summed E-state index contributed by atoms with van der Waals surface area (Å²) in [4.78, 5) is 0. The summed E-state index contributed by atoms with van der Waals surface area (Å²) in [5, 5.41) is 9.31. The maximum absolute atomic E-state index is 9.31. The van der Waals surface area contributed by atoms with Crippen LogP contribution in [0.25, 0.3) is 0 Å². The van der Waals surface area contributed by atoms with Crippen molar-refractivity contribution < 1.29 is 5.11 Å². The van der Waals surface area contributed by atoms with Crippen LogP contribution in [0.15, 0.2) is 11.6 Å². The van der Waals surface area contributed by atoms with Crippen LogP contribution < -0.4 is 0 Å². The maximum atomic E-state index is 9.31. The van der Waals surface area contributed by atoms with Gasteiger partial charge in [-0.2, -0.15) is 0 Å². The average molecular weight is 232 g/mol. The number of allylic oxidation sites excluding steroid dienone is 1. The van der Waals surface area contributed by atoms with E-state index in [1.165, 1.54) is 0 Å². The molecule has 1 N–H and O–H groups in total. The second-order valence-electron chi connectivity index (χ2n) is 2.75. The van der Waals surface area contributed by atoms with E-state index in [0.717, 1.165) is 18.4 Å². The van der Waals surface area contributed by atoms with E-state index in [0.29, 0.717) is 0 Å². The van der Waals surface area contributed by atoms with Gasteiger partial charge in [-0.3, -0.25) is 0 Å². The third kappa shape index (κ3) is 5.26. The molecule has 1 unspecified atom stereocenters. The Kier molecular flexibility index (Phi) is 5.59. The first-order valence-electron chi connectivity index (χ1n) is 3.80. The van der Waals surface area contributed by atoms with Gasteiger partial charge in [0.15, 0.2) is 0 Å². The van der Waals surface area contributed by atoms with Gasteiger partial charge in [0, 0.05) is 0 Å². The van der Waals surface area contributed by atoms with Gasteiger partial charge in [0.1, 0.15) is 6.10 Å². The largest absolute Gasteiger partial charge is 0.385 e. The van der Waals surface area contributed by atoms with E-state index < -0.39 is 9.90 Å². The lowest BCUT2D eigenvalue weighted by atomic mass is 10.1. The van der Waals surface area contributed by atoms with Crippen LogP contribution >= 0.6 is 34.8 Å². The van der Waals surface area contributed by atoms with Gasteiger partial charge in [-0.25, -0.2) is 0 Å². The first-order valence-corrected chi connectivity index (χ1v) is 4.93. The Morgan fingerprint density at radius 2 is 2.00 bits per heavy atom. The van der Waals surface area contributed by atoms with Gasteiger partial charge in [-0.1, -0.05) is 59.8 Å². The molecule has 0 spiro atoms. The number of rotatable bonds is 3. The Balaban J connectivity index is 4.14. The zero-order valence-electron chi connectivity index (χ0n) is 7.15. The highest BCUT2D eigenvalue weighted by Gasteiger charge is 2.28. The maximum Gasteiger partial charge on any atom is 0.219 e. The summed E-state index contributed by atoms with van der Waals surface area (Å²) >= 11 is 16.4. The predicted molar refractivity (Wildman–Crippen MR) is 55.0 cm³/mol. The Bertz CT molecular complexity index is 160. The van der Waals surface area contributed by atoms with Gasteiger partial charge in [-0.05, 0) is 13.3 Å². The molecule has 0 bridgehead atoms. The van der Waals surface area contributed by atoms with Crippen molar-refractivity contribution in [3.63, 3.8) is 0 Å². The summed E-state index contributed by atoms with van der Waals surface area (Å²) in [5.74, 6) is 0. The fraction of sp³-hybridized carbons (Fsp3) is 0.750. The fourth-order valence-corrected chi connectivity index (χ4v) is 1.03. The Morgan fingerprint density at radius 1 is 1.50 bits per heavy atom. The average Bonchev–Trinajstić information content (AvgIpc) is 1.85. The standard InChI is InChI=1S/C8H13Cl3O/c1-3-4-6(2)5-7(12)8(9,10)11/h5,7,12H,3-4H2,1-2H3/b6-5+. The second-order valence-corrected chi connectivity index (χ2v) is 5.12. The molecule has 0 aromatic rings. The van der Waals surface area contributed by atoms with Crippen molar-refractivity contribution in [1.82, 2.24) is 0 Å². The van der Waals surface area contributed by atoms with Crippen LogP contribution in [0.2, 0.25) is 0 Å². The van der Waals surface area contributed by atoms with Gasteiger partial charge in [-0.15, -0.1) is 0 Å². The minimum Gasteiger partial charge on any atom is -0.385 e. The summed E-state index contributed by atoms with van der Waals surface area (Å²) in [6.07, 6.45) is 2.50. The van der Waals surface area contributed by atoms with Crippen LogP contribution in [-0.4, -0.2) is 15.0 Å². The molecule has 0 aliphatic carbocycles. The highest BCUT2D eigenvalue weighted by Crippen LogP contribution is 2.31. The number of hydrogen-bond acceptors (Lipinski definition) is 1. The van der Waals surface area contributed by atoms with Crippen LogP contribution in [0.4, 0.5) is 0 Å². The molecule has 0 aliphatic heterocycles. The Labute approximate surface area is 88.3 Å². The van der Waals surface area contributed by atoms with Crippen molar-refractivity contribution in [3.8, 4) is 0 Å². The molecular weight excluding hydrogens is 218 g/mol. The lowest BCUT2D eigenvalue weighted by molar-refractivity contribution is 0.226. The van der Waals surface area contributed by atoms with Crippen molar-refractivity contribution in [2.45, 2.75) is 36.6 Å². The third-order valence-electron chi connectivity index (χ3n) is 1.42. The van der Waals surface area contributed by atoms with Crippen LogP contribution in [0, 0.1) is 0 Å². The normalized spacial score (nSPS) is 16.3. The van der Waals surface area contributed by atoms with Crippen molar-refractivity contribution in [3.05, 3.63) is 11.6 Å². The fourth-order valence-electron chi connectivity index (χ4n) is 0.842. The molecule has 1 nitrogen and oxygen atoms in total. The molecule has 0 radical (unpaired) electrons. The summed E-state index contributed by atoms with van der Waals surface area (Å²) < 4.78 is -1.62. The Hall–Kier alpha value is 0.570. The second kappa shape index (κ2) is 5.33. The van der Waals surface area contributed by atoms with Gasteiger partial charge in [0.05, 0.1) is 0 Å². The first-order chi connectivity index (χ1) is 5.38. The van der Waals surface area contributed by atoms with E-state index in [4.69, 9.17) is 34.8 Å². The molecule has 0 amide bonds. The van der Waals surface area contributed by atoms with Crippen LogP contribution in [0.3, 0.4) is 0 Å². The zero-order chi connectivity index (χ0) is 9.78. The summed E-state index contributed by atoms with van der Waals surface area (Å²) in [6.45, 7) is 3.96. The molecule has 0 heterocycles. The molecule has 0 rings (SSSR count). The smallest absolute Gasteiger partial charge is 0.219 e. The summed E-state index contributed by atoms with van der Waals surface area (Å²) in [7, 11) is 0. The van der Waals surface area contributed by atoms with Crippen LogP contribution in [-0.2, 0) is 0 Å². The number of hydrogen-bond donors (Lipinski definition) is 1. The molecule has 1 atom stereocenters. The first kappa shape index (κ1) is 12.6. The van der Waals surface area contributed by atoms with Crippen LogP contribution in [0.1, 0.15) is 26.7 Å². The van der Waals surface area contributed by atoms with Crippen molar-refractivity contribution in [2.75, 3.05) is 0 Å². The molecule has 0 saturated carbocycles. The molecule has 0 aliphatic rings. The van der Waals surface area contributed by atoms with E-state index in [1.54, 1.807) is 6.08 Å². The zero-order valence-corrected chi connectivity index (χ0v) is 9.42. The molecular formula is C8H13Cl3O. The molecule has 0 aromatic heterocycles. The van der Waals surface area contributed by atoms with E-state index in [1.807, 2.05) is 6.92 Å². The molecule has 12 heavy (non-hydrogen) atoms. The lowest BCUT2D eigenvalue weighted by Gasteiger charge is -2.15. The van der Waals surface area contributed by atoms with E-state index in [9.17, 15) is 5.11 Å².